The zero-order chi connectivity index (χ0) is 11.4. The number of nitrogens with two attached hydrogens (primary N) is 1. The first kappa shape index (κ1) is 11.4. The molecule has 2 aromatic rings. The van der Waals surface area contributed by atoms with Gasteiger partial charge in [0.2, 0.25) is 0 Å². The van der Waals surface area contributed by atoms with Gasteiger partial charge in [-0.15, -0.1) is 0 Å². The van der Waals surface area contributed by atoms with E-state index in [0.29, 0.717) is 12.5 Å². The lowest BCUT2D eigenvalue weighted by Crippen LogP contribution is -2.18. The minimum absolute atomic E-state index is 0.326. The molecule has 2 rings (SSSR count). The van der Waals surface area contributed by atoms with Crippen molar-refractivity contribution in [3.63, 3.8) is 0 Å². The Kier molecular flexibility index (Phi) is 3.74. The maximum Gasteiger partial charge on any atom is 0.177 e. The van der Waals surface area contributed by atoms with Gasteiger partial charge in [0.15, 0.2) is 4.73 Å². The molecule has 0 amide bonds. The van der Waals surface area contributed by atoms with E-state index in [-0.39, 0.29) is 0 Å². The highest BCUT2D eigenvalue weighted by Crippen LogP contribution is 2.18. The van der Waals surface area contributed by atoms with Gasteiger partial charge in [-0.25, -0.2) is 4.98 Å². The van der Waals surface area contributed by atoms with Crippen molar-refractivity contribution >= 4 is 15.9 Å². The van der Waals surface area contributed by atoms with Crippen molar-refractivity contribution in [3.05, 3.63) is 53.0 Å². The van der Waals surface area contributed by atoms with Crippen molar-refractivity contribution in [1.82, 2.24) is 9.55 Å². The van der Waals surface area contributed by atoms with Crippen LogP contribution in [0.4, 0.5) is 0 Å². The molecule has 16 heavy (non-hydrogen) atoms. The minimum Gasteiger partial charge on any atom is -0.330 e. The number of rotatable bonds is 4. The number of nitrogens with zero attached hydrogens (tertiary/aromatic N) is 2. The molecule has 2 N–H and O–H groups in total. The van der Waals surface area contributed by atoms with Crippen LogP contribution in [0.15, 0.2) is 47.5 Å². The van der Waals surface area contributed by atoms with Crippen LogP contribution >= 0.6 is 15.9 Å². The fourth-order valence-electron chi connectivity index (χ4n) is 1.73. The summed E-state index contributed by atoms with van der Waals surface area (Å²) in [6.45, 7) is 1.48. The van der Waals surface area contributed by atoms with E-state index in [2.05, 4.69) is 37.6 Å². The van der Waals surface area contributed by atoms with Crippen LogP contribution in [-0.4, -0.2) is 16.1 Å². The molecule has 0 spiro atoms. The van der Waals surface area contributed by atoms with Gasteiger partial charge in [-0.1, -0.05) is 30.3 Å². The smallest absolute Gasteiger partial charge is 0.177 e. The van der Waals surface area contributed by atoms with Crippen molar-refractivity contribution in [2.45, 2.75) is 12.5 Å². The molecular weight excluding hydrogens is 266 g/mol. The first-order chi connectivity index (χ1) is 7.81. The fraction of sp³-hybridized carbons (Fsp3) is 0.250. The third-order valence-corrected chi connectivity index (χ3v) is 3.30. The lowest BCUT2D eigenvalue weighted by molar-refractivity contribution is 0.558. The van der Waals surface area contributed by atoms with Crippen LogP contribution in [0.5, 0.6) is 0 Å². The van der Waals surface area contributed by atoms with Gasteiger partial charge in [0, 0.05) is 31.4 Å². The second-order valence-corrected chi connectivity index (χ2v) is 4.40. The molecule has 0 saturated carbocycles. The van der Waals surface area contributed by atoms with Crippen LogP contribution in [0.3, 0.4) is 0 Å². The molecule has 4 heteroatoms. The lowest BCUT2D eigenvalue weighted by atomic mass is 9.99. The Morgan fingerprint density at radius 3 is 2.62 bits per heavy atom. The number of imidazole rings is 1. The Hall–Kier alpha value is -1.13. The molecule has 1 aromatic carbocycles. The van der Waals surface area contributed by atoms with Gasteiger partial charge in [0.1, 0.15) is 0 Å². The van der Waals surface area contributed by atoms with Gasteiger partial charge < -0.3 is 10.3 Å². The summed E-state index contributed by atoms with van der Waals surface area (Å²) in [5.41, 5.74) is 7.09. The minimum atomic E-state index is 0.326. The van der Waals surface area contributed by atoms with Gasteiger partial charge in [0.05, 0.1) is 0 Å². The summed E-state index contributed by atoms with van der Waals surface area (Å²) in [4.78, 5) is 4.14. The summed E-state index contributed by atoms with van der Waals surface area (Å²) in [7, 11) is 0. The molecule has 0 fully saturated rings. The molecule has 0 radical (unpaired) electrons. The molecule has 1 aromatic heterocycles. The van der Waals surface area contributed by atoms with E-state index in [9.17, 15) is 0 Å². The van der Waals surface area contributed by atoms with Gasteiger partial charge in [0.25, 0.3) is 0 Å². The van der Waals surface area contributed by atoms with Crippen LogP contribution < -0.4 is 5.73 Å². The normalized spacial score (nSPS) is 12.6. The van der Waals surface area contributed by atoms with Crippen LogP contribution in [0.1, 0.15) is 11.5 Å². The van der Waals surface area contributed by atoms with Crippen LogP contribution in [0.25, 0.3) is 0 Å². The molecule has 1 unspecified atom stereocenters. The Labute approximate surface area is 103 Å². The van der Waals surface area contributed by atoms with Gasteiger partial charge in [-0.05, 0) is 21.5 Å². The number of hydrogen-bond donors (Lipinski definition) is 1. The number of hydrogen-bond acceptors (Lipinski definition) is 2. The summed E-state index contributed by atoms with van der Waals surface area (Å²) in [5.74, 6) is 0.326. The second kappa shape index (κ2) is 5.27. The molecule has 3 nitrogen and oxygen atoms in total. The zero-order valence-electron chi connectivity index (χ0n) is 8.88. The number of aromatic nitrogens is 2. The number of halogens is 1. The standard InChI is InChI=1S/C12H14BrN3/c13-12-15-6-7-16(12)9-11(8-14)10-4-2-1-3-5-10/h1-7,11H,8-9,14H2. The van der Waals surface area contributed by atoms with E-state index in [4.69, 9.17) is 5.73 Å². The Morgan fingerprint density at radius 2 is 2.06 bits per heavy atom. The monoisotopic (exact) mass is 279 g/mol. The predicted octanol–water partition coefficient (Wildman–Crippen LogP) is 2.39. The highest BCUT2D eigenvalue weighted by atomic mass is 79.9. The summed E-state index contributed by atoms with van der Waals surface area (Å²) < 4.78 is 2.91. The van der Waals surface area contributed by atoms with Gasteiger partial charge >= 0.3 is 0 Å². The summed E-state index contributed by atoms with van der Waals surface area (Å²) in [6.07, 6.45) is 3.73. The third-order valence-electron chi connectivity index (χ3n) is 2.64. The zero-order valence-corrected chi connectivity index (χ0v) is 10.5. The molecule has 84 valence electrons. The van der Waals surface area contributed by atoms with Crippen LogP contribution in [0.2, 0.25) is 0 Å². The molecule has 0 aliphatic heterocycles. The molecule has 1 heterocycles. The number of benzene rings is 1. The largest absolute Gasteiger partial charge is 0.330 e. The van der Waals surface area contributed by atoms with Gasteiger partial charge in [-0.3, -0.25) is 0 Å². The van der Waals surface area contributed by atoms with Crippen molar-refractivity contribution in [3.8, 4) is 0 Å². The molecule has 0 bridgehead atoms. The molecule has 0 aliphatic rings. The predicted molar refractivity (Wildman–Crippen MR) is 68.2 cm³/mol. The van der Waals surface area contributed by atoms with Crippen molar-refractivity contribution in [1.29, 1.82) is 0 Å². The Bertz CT molecular complexity index is 439. The van der Waals surface area contributed by atoms with Crippen molar-refractivity contribution < 1.29 is 0 Å². The molecular formula is C12H14BrN3. The Balaban J connectivity index is 2.16. The van der Waals surface area contributed by atoms with Crippen LogP contribution in [-0.2, 0) is 6.54 Å². The fourth-order valence-corrected chi connectivity index (χ4v) is 2.11. The van der Waals surface area contributed by atoms with Gasteiger partial charge in [-0.2, -0.15) is 0 Å². The molecule has 0 aliphatic carbocycles. The maximum atomic E-state index is 5.82. The maximum absolute atomic E-state index is 5.82. The quantitative estimate of drug-likeness (QED) is 0.934. The van der Waals surface area contributed by atoms with E-state index in [1.54, 1.807) is 6.20 Å². The molecule has 0 saturated heterocycles. The first-order valence-electron chi connectivity index (χ1n) is 5.23. The summed E-state index contributed by atoms with van der Waals surface area (Å²) >= 11 is 3.41. The highest BCUT2D eigenvalue weighted by Gasteiger charge is 2.11. The SMILES string of the molecule is NCC(Cn1ccnc1Br)c1ccccc1. The van der Waals surface area contributed by atoms with E-state index >= 15 is 0 Å². The van der Waals surface area contributed by atoms with E-state index in [1.807, 2.05) is 24.4 Å². The summed E-state index contributed by atoms with van der Waals surface area (Å²) in [5, 5.41) is 0. The lowest BCUT2D eigenvalue weighted by Gasteiger charge is -2.16. The molecule has 1 atom stereocenters. The van der Waals surface area contributed by atoms with Crippen LogP contribution in [0, 0.1) is 0 Å². The first-order valence-corrected chi connectivity index (χ1v) is 6.02. The topological polar surface area (TPSA) is 43.8 Å². The Morgan fingerprint density at radius 1 is 1.31 bits per heavy atom. The highest BCUT2D eigenvalue weighted by molar-refractivity contribution is 9.10. The van der Waals surface area contributed by atoms with Crippen molar-refractivity contribution in [2.24, 2.45) is 5.73 Å². The third kappa shape index (κ3) is 2.51. The summed E-state index contributed by atoms with van der Waals surface area (Å²) in [6, 6.07) is 10.3. The second-order valence-electron chi connectivity index (χ2n) is 3.69. The van der Waals surface area contributed by atoms with E-state index in [1.165, 1.54) is 5.56 Å². The average Bonchev–Trinajstić information content (AvgIpc) is 2.73. The van der Waals surface area contributed by atoms with E-state index in [0.717, 1.165) is 11.3 Å². The van der Waals surface area contributed by atoms with Crippen molar-refractivity contribution in [2.75, 3.05) is 6.54 Å². The van der Waals surface area contributed by atoms with E-state index < -0.39 is 0 Å². The average molecular weight is 280 g/mol.